The minimum absolute atomic E-state index is 0.238. The lowest BCUT2D eigenvalue weighted by molar-refractivity contribution is 0.765. The summed E-state index contributed by atoms with van der Waals surface area (Å²) in [6.45, 7) is 2.07. The van der Waals surface area contributed by atoms with E-state index in [0.717, 1.165) is 16.7 Å². The Morgan fingerprint density at radius 1 is 1.64 bits per heavy atom. The molecule has 1 aromatic rings. The Bertz CT molecular complexity index is 303. The zero-order valence-electron chi connectivity index (χ0n) is 7.73. The highest BCUT2D eigenvalue weighted by atomic mass is 79.9. The van der Waals surface area contributed by atoms with Gasteiger partial charge in [0, 0.05) is 18.1 Å². The van der Waals surface area contributed by atoms with Crippen LogP contribution in [0.5, 0.6) is 0 Å². The molecular formula is C9H11BrCl2N2. The lowest BCUT2D eigenvalue weighted by Crippen LogP contribution is -2.20. The van der Waals surface area contributed by atoms with Gasteiger partial charge >= 0.3 is 0 Å². The molecule has 0 bridgehead atoms. The van der Waals surface area contributed by atoms with Gasteiger partial charge in [-0.1, -0.05) is 18.5 Å². The van der Waals surface area contributed by atoms with Crippen molar-refractivity contribution < 1.29 is 0 Å². The molecule has 1 heterocycles. The van der Waals surface area contributed by atoms with E-state index in [2.05, 4.69) is 33.2 Å². The quantitative estimate of drug-likeness (QED) is 0.852. The fourth-order valence-electron chi connectivity index (χ4n) is 0.964. The van der Waals surface area contributed by atoms with E-state index in [1.807, 2.05) is 0 Å². The van der Waals surface area contributed by atoms with Gasteiger partial charge < -0.3 is 5.32 Å². The van der Waals surface area contributed by atoms with E-state index in [0.29, 0.717) is 10.9 Å². The van der Waals surface area contributed by atoms with Crippen LogP contribution in [0.3, 0.4) is 0 Å². The number of pyridine rings is 1. The van der Waals surface area contributed by atoms with Crippen LogP contribution in [0.15, 0.2) is 16.7 Å². The van der Waals surface area contributed by atoms with E-state index in [-0.39, 0.29) is 6.04 Å². The molecule has 0 aromatic carbocycles. The Morgan fingerprint density at radius 3 is 2.86 bits per heavy atom. The van der Waals surface area contributed by atoms with Gasteiger partial charge in [0.1, 0.15) is 5.82 Å². The number of anilines is 1. The lowest BCUT2D eigenvalue weighted by Gasteiger charge is -2.15. The van der Waals surface area contributed by atoms with Crippen LogP contribution < -0.4 is 5.32 Å². The number of nitrogens with zero attached hydrogens (tertiary/aromatic N) is 1. The molecule has 78 valence electrons. The lowest BCUT2D eigenvalue weighted by atomic mass is 10.2. The summed E-state index contributed by atoms with van der Waals surface area (Å²) in [5.41, 5.74) is 0. The topological polar surface area (TPSA) is 24.9 Å². The molecule has 0 saturated heterocycles. The predicted octanol–water partition coefficient (Wildman–Crippen LogP) is 3.93. The maximum absolute atomic E-state index is 5.77. The second kappa shape index (κ2) is 5.79. The molecule has 0 radical (unpaired) electrons. The third-order valence-electron chi connectivity index (χ3n) is 1.83. The highest BCUT2D eigenvalue weighted by Crippen LogP contribution is 2.24. The van der Waals surface area contributed by atoms with Crippen LogP contribution in [0.1, 0.15) is 13.3 Å². The summed E-state index contributed by atoms with van der Waals surface area (Å²) in [6.07, 6.45) is 2.57. The minimum Gasteiger partial charge on any atom is -0.365 e. The molecule has 1 N–H and O–H groups in total. The van der Waals surface area contributed by atoms with Crippen molar-refractivity contribution in [2.45, 2.75) is 19.4 Å². The first-order valence-corrected chi connectivity index (χ1v) is 6.01. The minimum atomic E-state index is 0.238. The maximum atomic E-state index is 5.77. The SMILES string of the molecule is CCC(CCl)Nc1ncc(Cl)cc1Br. The Hall–Kier alpha value is 0.01000. The van der Waals surface area contributed by atoms with Crippen LogP contribution in [0.4, 0.5) is 5.82 Å². The van der Waals surface area contributed by atoms with E-state index in [9.17, 15) is 0 Å². The Balaban J connectivity index is 2.76. The van der Waals surface area contributed by atoms with E-state index in [4.69, 9.17) is 23.2 Å². The first kappa shape index (κ1) is 12.1. The first-order valence-electron chi connectivity index (χ1n) is 4.31. The summed E-state index contributed by atoms with van der Waals surface area (Å²) in [5, 5.41) is 3.84. The zero-order chi connectivity index (χ0) is 10.6. The third kappa shape index (κ3) is 3.30. The van der Waals surface area contributed by atoms with Crippen molar-refractivity contribution in [3.05, 3.63) is 21.8 Å². The van der Waals surface area contributed by atoms with Crippen molar-refractivity contribution in [2.75, 3.05) is 11.2 Å². The number of hydrogen-bond acceptors (Lipinski definition) is 2. The molecule has 0 fully saturated rings. The number of rotatable bonds is 4. The van der Waals surface area contributed by atoms with E-state index in [1.54, 1.807) is 12.3 Å². The molecule has 1 rings (SSSR count). The number of aromatic nitrogens is 1. The van der Waals surface area contributed by atoms with Gasteiger partial charge in [-0.15, -0.1) is 11.6 Å². The molecule has 0 spiro atoms. The zero-order valence-corrected chi connectivity index (χ0v) is 10.8. The number of halogens is 3. The van der Waals surface area contributed by atoms with Crippen molar-refractivity contribution in [1.29, 1.82) is 0 Å². The molecule has 1 unspecified atom stereocenters. The van der Waals surface area contributed by atoms with Crippen LogP contribution in [0.25, 0.3) is 0 Å². The fraction of sp³-hybridized carbons (Fsp3) is 0.444. The van der Waals surface area contributed by atoms with Gasteiger partial charge in [-0.05, 0) is 28.4 Å². The summed E-state index contributed by atoms with van der Waals surface area (Å²) in [5.74, 6) is 1.34. The average Bonchev–Trinajstić information content (AvgIpc) is 2.17. The van der Waals surface area contributed by atoms with Crippen LogP contribution in [0, 0.1) is 0 Å². The molecule has 0 aliphatic heterocycles. The van der Waals surface area contributed by atoms with Crippen LogP contribution in [-0.4, -0.2) is 16.9 Å². The largest absolute Gasteiger partial charge is 0.365 e. The van der Waals surface area contributed by atoms with Crippen LogP contribution >= 0.6 is 39.1 Å². The monoisotopic (exact) mass is 296 g/mol. The summed E-state index contributed by atoms with van der Waals surface area (Å²) in [6, 6.07) is 2.04. The Labute approximate surface area is 102 Å². The molecule has 0 aliphatic rings. The predicted molar refractivity (Wildman–Crippen MR) is 65.4 cm³/mol. The van der Waals surface area contributed by atoms with Gasteiger partial charge in [0.2, 0.25) is 0 Å². The Morgan fingerprint density at radius 2 is 2.36 bits per heavy atom. The highest BCUT2D eigenvalue weighted by molar-refractivity contribution is 9.10. The molecule has 0 saturated carbocycles. The average molecular weight is 298 g/mol. The van der Waals surface area contributed by atoms with Crippen molar-refractivity contribution in [3.8, 4) is 0 Å². The molecule has 1 atom stereocenters. The second-order valence-corrected chi connectivity index (χ2v) is 4.49. The summed E-state index contributed by atoms with van der Waals surface area (Å²) in [7, 11) is 0. The van der Waals surface area contributed by atoms with E-state index >= 15 is 0 Å². The summed E-state index contributed by atoms with van der Waals surface area (Å²) >= 11 is 14.9. The van der Waals surface area contributed by atoms with Gasteiger partial charge in [0.25, 0.3) is 0 Å². The maximum Gasteiger partial charge on any atom is 0.140 e. The van der Waals surface area contributed by atoms with Gasteiger partial charge in [-0.2, -0.15) is 0 Å². The normalized spacial score (nSPS) is 12.6. The summed E-state index contributed by atoms with van der Waals surface area (Å²) in [4.78, 5) is 4.16. The van der Waals surface area contributed by atoms with Crippen molar-refractivity contribution in [2.24, 2.45) is 0 Å². The van der Waals surface area contributed by atoms with E-state index in [1.165, 1.54) is 0 Å². The molecule has 14 heavy (non-hydrogen) atoms. The summed E-state index contributed by atoms with van der Waals surface area (Å²) < 4.78 is 0.855. The number of nitrogens with one attached hydrogen (secondary N) is 1. The third-order valence-corrected chi connectivity index (χ3v) is 3.01. The first-order chi connectivity index (χ1) is 6.67. The smallest absolute Gasteiger partial charge is 0.140 e. The molecule has 0 amide bonds. The van der Waals surface area contributed by atoms with Gasteiger partial charge in [0.05, 0.1) is 9.50 Å². The van der Waals surface area contributed by atoms with Gasteiger partial charge in [-0.25, -0.2) is 4.98 Å². The Kier molecular flexibility index (Phi) is 4.99. The van der Waals surface area contributed by atoms with Gasteiger partial charge in [0.15, 0.2) is 0 Å². The molecule has 1 aromatic heterocycles. The van der Waals surface area contributed by atoms with Crippen molar-refractivity contribution >= 4 is 44.9 Å². The van der Waals surface area contributed by atoms with Crippen molar-refractivity contribution in [3.63, 3.8) is 0 Å². The fourth-order valence-corrected chi connectivity index (χ4v) is 2.01. The molecule has 0 aliphatic carbocycles. The number of hydrogen-bond donors (Lipinski definition) is 1. The van der Waals surface area contributed by atoms with Crippen LogP contribution in [-0.2, 0) is 0 Å². The number of alkyl halides is 1. The highest BCUT2D eigenvalue weighted by Gasteiger charge is 2.08. The van der Waals surface area contributed by atoms with Gasteiger partial charge in [-0.3, -0.25) is 0 Å². The van der Waals surface area contributed by atoms with E-state index < -0.39 is 0 Å². The molecule has 2 nitrogen and oxygen atoms in total. The molecule has 5 heteroatoms. The van der Waals surface area contributed by atoms with Crippen LogP contribution in [0.2, 0.25) is 5.02 Å². The molecular weight excluding hydrogens is 287 g/mol. The second-order valence-electron chi connectivity index (χ2n) is 2.89. The van der Waals surface area contributed by atoms with Crippen molar-refractivity contribution in [1.82, 2.24) is 4.98 Å². The standard InChI is InChI=1S/C9H11BrCl2N2/c1-2-7(4-11)14-9-8(10)3-6(12)5-13-9/h3,5,7H,2,4H2,1H3,(H,13,14).